The lowest BCUT2D eigenvalue weighted by Crippen LogP contribution is -2.00. The van der Waals surface area contributed by atoms with Gasteiger partial charge in [-0.15, -0.1) is 0 Å². The summed E-state index contributed by atoms with van der Waals surface area (Å²) >= 11 is 5.81. The predicted molar refractivity (Wildman–Crippen MR) is 61.4 cm³/mol. The Kier molecular flexibility index (Phi) is 2.44. The molecule has 2 aromatic rings. The zero-order valence-corrected chi connectivity index (χ0v) is 9.55. The molecule has 2 rings (SSSR count). The van der Waals surface area contributed by atoms with Crippen LogP contribution in [0.15, 0.2) is 6.07 Å². The number of pyridine rings is 1. The average molecular weight is 223 g/mol. The van der Waals surface area contributed by atoms with Gasteiger partial charge in [0.15, 0.2) is 5.65 Å². The van der Waals surface area contributed by atoms with Gasteiger partial charge in [0.1, 0.15) is 5.82 Å². The maximum absolute atomic E-state index is 5.81. The van der Waals surface area contributed by atoms with E-state index in [0.29, 0.717) is 5.65 Å². The van der Waals surface area contributed by atoms with Crippen molar-refractivity contribution in [2.75, 3.05) is 12.4 Å². The largest absolute Gasteiger partial charge is 0.372 e. The molecule has 15 heavy (non-hydrogen) atoms. The molecule has 0 aliphatic heterocycles. The summed E-state index contributed by atoms with van der Waals surface area (Å²) in [6.45, 7) is 3.94. The van der Waals surface area contributed by atoms with E-state index < -0.39 is 0 Å². The minimum atomic E-state index is 0.212. The van der Waals surface area contributed by atoms with Gasteiger partial charge in [-0.3, -0.25) is 0 Å². The van der Waals surface area contributed by atoms with E-state index in [-0.39, 0.29) is 5.28 Å². The molecule has 4 nitrogen and oxygen atoms in total. The molecular weight excluding hydrogens is 212 g/mol. The Labute approximate surface area is 92.7 Å². The molecule has 78 valence electrons. The number of nitrogens with one attached hydrogen (secondary N) is 1. The van der Waals surface area contributed by atoms with Crippen molar-refractivity contribution in [3.05, 3.63) is 22.6 Å². The highest BCUT2D eigenvalue weighted by molar-refractivity contribution is 6.28. The van der Waals surface area contributed by atoms with E-state index in [1.165, 1.54) is 0 Å². The third-order valence-electron chi connectivity index (χ3n) is 2.20. The molecule has 2 heterocycles. The molecular formula is C10H11ClN4. The van der Waals surface area contributed by atoms with Crippen LogP contribution in [0, 0.1) is 13.8 Å². The Morgan fingerprint density at radius 1 is 1.20 bits per heavy atom. The smallest absolute Gasteiger partial charge is 0.226 e. The number of hydrogen-bond acceptors (Lipinski definition) is 4. The molecule has 1 N–H and O–H groups in total. The second kappa shape index (κ2) is 3.62. The van der Waals surface area contributed by atoms with Crippen LogP contribution in [0.3, 0.4) is 0 Å². The summed E-state index contributed by atoms with van der Waals surface area (Å²) in [5.41, 5.74) is 2.66. The first-order chi connectivity index (χ1) is 7.11. The van der Waals surface area contributed by atoms with Gasteiger partial charge in [-0.2, -0.15) is 4.98 Å². The van der Waals surface area contributed by atoms with Gasteiger partial charge in [0.2, 0.25) is 5.28 Å². The number of aryl methyl sites for hydroxylation is 2. The number of anilines is 1. The van der Waals surface area contributed by atoms with Crippen LogP contribution in [0.25, 0.3) is 11.0 Å². The van der Waals surface area contributed by atoms with Crippen LogP contribution < -0.4 is 5.32 Å². The molecule has 5 heteroatoms. The van der Waals surface area contributed by atoms with Crippen molar-refractivity contribution < 1.29 is 0 Å². The molecule has 0 saturated carbocycles. The molecule has 0 fully saturated rings. The Morgan fingerprint density at radius 2 is 1.93 bits per heavy atom. The molecule has 0 saturated heterocycles. The van der Waals surface area contributed by atoms with Crippen molar-refractivity contribution in [3.63, 3.8) is 0 Å². The summed E-state index contributed by atoms with van der Waals surface area (Å²) in [7, 11) is 1.80. The first kappa shape index (κ1) is 10.1. The van der Waals surface area contributed by atoms with Gasteiger partial charge in [0.25, 0.3) is 0 Å². The minimum Gasteiger partial charge on any atom is -0.372 e. The highest BCUT2D eigenvalue weighted by Crippen LogP contribution is 2.24. The van der Waals surface area contributed by atoms with E-state index in [2.05, 4.69) is 20.3 Å². The van der Waals surface area contributed by atoms with Gasteiger partial charge >= 0.3 is 0 Å². The average Bonchev–Trinajstić information content (AvgIpc) is 2.14. The number of rotatable bonds is 1. The van der Waals surface area contributed by atoms with E-state index in [9.17, 15) is 0 Å². The number of aromatic nitrogens is 3. The maximum Gasteiger partial charge on any atom is 0.226 e. The summed E-state index contributed by atoms with van der Waals surface area (Å²) in [6, 6.07) is 2.00. The molecule has 2 aromatic heterocycles. The van der Waals surface area contributed by atoms with E-state index in [0.717, 1.165) is 22.5 Å². The van der Waals surface area contributed by atoms with E-state index >= 15 is 0 Å². The van der Waals surface area contributed by atoms with Crippen LogP contribution in [0.1, 0.15) is 11.3 Å². The van der Waals surface area contributed by atoms with Crippen molar-refractivity contribution in [2.45, 2.75) is 13.8 Å². The molecule has 0 unspecified atom stereocenters. The summed E-state index contributed by atoms with van der Waals surface area (Å²) in [5, 5.41) is 4.13. The Morgan fingerprint density at radius 3 is 2.60 bits per heavy atom. The van der Waals surface area contributed by atoms with E-state index in [4.69, 9.17) is 11.6 Å². The maximum atomic E-state index is 5.81. The van der Waals surface area contributed by atoms with Crippen molar-refractivity contribution in [1.82, 2.24) is 15.0 Å². The fourth-order valence-corrected chi connectivity index (χ4v) is 1.80. The molecule has 0 radical (unpaired) electrons. The fraction of sp³-hybridized carbons (Fsp3) is 0.300. The SMILES string of the molecule is CNc1nc(Cl)nc2nc(C)cc(C)c12. The zero-order chi connectivity index (χ0) is 11.0. The first-order valence-corrected chi connectivity index (χ1v) is 4.99. The monoisotopic (exact) mass is 222 g/mol. The second-order valence-electron chi connectivity index (χ2n) is 3.37. The molecule has 0 amide bonds. The van der Waals surface area contributed by atoms with Crippen molar-refractivity contribution >= 4 is 28.5 Å². The van der Waals surface area contributed by atoms with Gasteiger partial charge < -0.3 is 5.32 Å². The standard InChI is InChI=1S/C10H11ClN4/c1-5-4-6(2)13-9-7(5)8(12-3)14-10(11)15-9/h4H,1-3H3,(H,12,13,14,15). The number of fused-ring (bicyclic) bond motifs is 1. The lowest BCUT2D eigenvalue weighted by molar-refractivity contribution is 1.13. The number of hydrogen-bond donors (Lipinski definition) is 1. The van der Waals surface area contributed by atoms with Gasteiger partial charge in [0, 0.05) is 12.7 Å². The van der Waals surface area contributed by atoms with E-state index in [1.807, 2.05) is 19.9 Å². The van der Waals surface area contributed by atoms with E-state index in [1.54, 1.807) is 7.05 Å². The molecule has 0 atom stereocenters. The number of halogens is 1. The number of nitrogens with zero attached hydrogens (tertiary/aromatic N) is 3. The van der Waals surface area contributed by atoms with Gasteiger partial charge in [-0.05, 0) is 37.1 Å². The fourth-order valence-electron chi connectivity index (χ4n) is 1.63. The predicted octanol–water partition coefficient (Wildman–Crippen LogP) is 2.34. The van der Waals surface area contributed by atoms with Crippen molar-refractivity contribution in [3.8, 4) is 0 Å². The van der Waals surface area contributed by atoms with Gasteiger partial charge in [0.05, 0.1) is 5.39 Å². The normalized spacial score (nSPS) is 10.7. The Bertz CT molecular complexity index is 519. The summed E-state index contributed by atoms with van der Waals surface area (Å²) in [4.78, 5) is 12.6. The Balaban J connectivity index is 2.90. The third-order valence-corrected chi connectivity index (χ3v) is 2.37. The van der Waals surface area contributed by atoms with Crippen LogP contribution in [0.4, 0.5) is 5.82 Å². The van der Waals surface area contributed by atoms with Crippen molar-refractivity contribution in [2.24, 2.45) is 0 Å². The zero-order valence-electron chi connectivity index (χ0n) is 8.80. The summed E-state index contributed by atoms with van der Waals surface area (Å²) in [6.07, 6.45) is 0. The highest BCUT2D eigenvalue weighted by atomic mass is 35.5. The summed E-state index contributed by atoms with van der Waals surface area (Å²) in [5.74, 6) is 0.718. The third kappa shape index (κ3) is 1.72. The lowest BCUT2D eigenvalue weighted by atomic mass is 10.1. The van der Waals surface area contributed by atoms with Crippen molar-refractivity contribution in [1.29, 1.82) is 0 Å². The first-order valence-electron chi connectivity index (χ1n) is 4.61. The molecule has 0 aromatic carbocycles. The molecule has 0 aliphatic carbocycles. The Hall–Kier alpha value is -1.42. The second-order valence-corrected chi connectivity index (χ2v) is 3.71. The highest BCUT2D eigenvalue weighted by Gasteiger charge is 2.09. The lowest BCUT2D eigenvalue weighted by Gasteiger charge is -2.07. The van der Waals surface area contributed by atoms with Crippen LogP contribution in [0.5, 0.6) is 0 Å². The van der Waals surface area contributed by atoms with Crippen LogP contribution in [-0.2, 0) is 0 Å². The molecule has 0 aliphatic rings. The van der Waals surface area contributed by atoms with Crippen LogP contribution in [0.2, 0.25) is 5.28 Å². The summed E-state index contributed by atoms with van der Waals surface area (Å²) < 4.78 is 0. The van der Waals surface area contributed by atoms with Crippen LogP contribution >= 0.6 is 11.6 Å². The quantitative estimate of drug-likeness (QED) is 0.753. The topological polar surface area (TPSA) is 50.7 Å². The van der Waals surface area contributed by atoms with Crippen LogP contribution in [-0.4, -0.2) is 22.0 Å². The minimum absolute atomic E-state index is 0.212. The molecule has 0 spiro atoms. The van der Waals surface area contributed by atoms with Gasteiger partial charge in [-0.1, -0.05) is 0 Å². The van der Waals surface area contributed by atoms with Gasteiger partial charge in [-0.25, -0.2) is 9.97 Å². The molecule has 0 bridgehead atoms.